The third-order valence-electron chi connectivity index (χ3n) is 4.98. The van der Waals surface area contributed by atoms with Crippen molar-refractivity contribution in [1.82, 2.24) is 24.3 Å². The predicted molar refractivity (Wildman–Crippen MR) is 96.8 cm³/mol. The molecule has 1 unspecified atom stereocenters. The molecule has 1 aliphatic heterocycles. The molecule has 130 valence electrons. The van der Waals surface area contributed by atoms with Crippen LogP contribution in [0.25, 0.3) is 0 Å². The molecule has 1 atom stereocenters. The maximum atomic E-state index is 4.44. The SMILES string of the molecule is CCc1nccn1CC(C)N1CCCN(Cc2ccncc2)CC1. The highest BCUT2D eigenvalue weighted by Crippen LogP contribution is 2.12. The van der Waals surface area contributed by atoms with Crippen LogP contribution in [0.5, 0.6) is 0 Å². The summed E-state index contributed by atoms with van der Waals surface area (Å²) in [5.41, 5.74) is 1.36. The summed E-state index contributed by atoms with van der Waals surface area (Å²) in [7, 11) is 0. The van der Waals surface area contributed by atoms with Gasteiger partial charge in [-0.05, 0) is 44.1 Å². The van der Waals surface area contributed by atoms with Gasteiger partial charge in [0.1, 0.15) is 5.82 Å². The monoisotopic (exact) mass is 327 g/mol. The van der Waals surface area contributed by atoms with Crippen LogP contribution >= 0.6 is 0 Å². The average molecular weight is 327 g/mol. The first-order chi connectivity index (χ1) is 11.8. The fraction of sp³-hybridized carbons (Fsp3) is 0.579. The van der Waals surface area contributed by atoms with Crippen LogP contribution < -0.4 is 0 Å². The third kappa shape index (κ3) is 4.42. The molecule has 0 saturated carbocycles. The van der Waals surface area contributed by atoms with Crippen LogP contribution in [-0.4, -0.2) is 56.6 Å². The molecular weight excluding hydrogens is 298 g/mol. The van der Waals surface area contributed by atoms with Gasteiger partial charge in [0.05, 0.1) is 0 Å². The number of hydrogen-bond acceptors (Lipinski definition) is 4. The maximum Gasteiger partial charge on any atom is 0.108 e. The lowest BCUT2D eigenvalue weighted by Gasteiger charge is -2.28. The molecule has 3 rings (SSSR count). The molecule has 1 fully saturated rings. The zero-order chi connectivity index (χ0) is 16.8. The van der Waals surface area contributed by atoms with Crippen molar-refractivity contribution in [2.24, 2.45) is 0 Å². The lowest BCUT2D eigenvalue weighted by Crippen LogP contribution is -2.39. The Labute approximate surface area is 145 Å². The van der Waals surface area contributed by atoms with Gasteiger partial charge in [-0.1, -0.05) is 6.92 Å². The van der Waals surface area contributed by atoms with E-state index in [9.17, 15) is 0 Å². The minimum Gasteiger partial charge on any atom is -0.333 e. The molecule has 5 heteroatoms. The molecule has 0 aromatic carbocycles. The first-order valence-electron chi connectivity index (χ1n) is 9.11. The van der Waals surface area contributed by atoms with Crippen LogP contribution in [0, 0.1) is 0 Å². The summed E-state index contributed by atoms with van der Waals surface area (Å²) in [5.74, 6) is 1.19. The van der Waals surface area contributed by atoms with Gasteiger partial charge in [-0.2, -0.15) is 0 Å². The Morgan fingerprint density at radius 2 is 1.92 bits per heavy atom. The fourth-order valence-corrected chi connectivity index (χ4v) is 3.56. The minimum absolute atomic E-state index is 0.547. The summed E-state index contributed by atoms with van der Waals surface area (Å²) < 4.78 is 2.31. The molecule has 2 aromatic heterocycles. The second-order valence-electron chi connectivity index (χ2n) is 6.72. The lowest BCUT2D eigenvalue weighted by molar-refractivity contribution is 0.190. The van der Waals surface area contributed by atoms with Gasteiger partial charge in [-0.15, -0.1) is 0 Å². The maximum absolute atomic E-state index is 4.44. The summed E-state index contributed by atoms with van der Waals surface area (Å²) in [6, 6.07) is 4.79. The van der Waals surface area contributed by atoms with Crippen molar-refractivity contribution < 1.29 is 0 Å². The first-order valence-corrected chi connectivity index (χ1v) is 9.11. The highest BCUT2D eigenvalue weighted by Gasteiger charge is 2.20. The van der Waals surface area contributed by atoms with E-state index in [0.29, 0.717) is 6.04 Å². The fourth-order valence-electron chi connectivity index (χ4n) is 3.56. The molecular formula is C19H29N5. The first kappa shape index (κ1) is 17.1. The second-order valence-corrected chi connectivity index (χ2v) is 6.72. The van der Waals surface area contributed by atoms with Gasteiger partial charge >= 0.3 is 0 Å². The van der Waals surface area contributed by atoms with E-state index in [1.165, 1.54) is 30.9 Å². The number of rotatable bonds is 6. The van der Waals surface area contributed by atoms with E-state index in [2.05, 4.69) is 56.5 Å². The Morgan fingerprint density at radius 1 is 1.08 bits per heavy atom. The van der Waals surface area contributed by atoms with Crippen molar-refractivity contribution in [3.8, 4) is 0 Å². The minimum atomic E-state index is 0.547. The normalized spacial score (nSPS) is 18.4. The van der Waals surface area contributed by atoms with Crippen LogP contribution in [0.1, 0.15) is 31.7 Å². The van der Waals surface area contributed by atoms with Crippen molar-refractivity contribution in [3.05, 3.63) is 48.3 Å². The van der Waals surface area contributed by atoms with Crippen molar-refractivity contribution in [3.63, 3.8) is 0 Å². The van der Waals surface area contributed by atoms with Crippen molar-refractivity contribution >= 4 is 0 Å². The number of imidazole rings is 1. The van der Waals surface area contributed by atoms with Crippen molar-refractivity contribution in [2.75, 3.05) is 26.2 Å². The molecule has 1 saturated heterocycles. The van der Waals surface area contributed by atoms with E-state index in [1.807, 2.05) is 18.6 Å². The average Bonchev–Trinajstić information content (AvgIpc) is 2.92. The molecule has 0 bridgehead atoms. The highest BCUT2D eigenvalue weighted by molar-refractivity contribution is 5.09. The molecule has 1 aliphatic rings. The van der Waals surface area contributed by atoms with E-state index in [0.717, 1.165) is 32.6 Å². The molecule has 2 aromatic rings. The van der Waals surface area contributed by atoms with E-state index < -0.39 is 0 Å². The summed E-state index contributed by atoms with van der Waals surface area (Å²) >= 11 is 0. The van der Waals surface area contributed by atoms with Crippen LogP contribution in [0.2, 0.25) is 0 Å². The van der Waals surface area contributed by atoms with Crippen LogP contribution in [0.15, 0.2) is 36.9 Å². The number of hydrogen-bond donors (Lipinski definition) is 0. The molecule has 0 radical (unpaired) electrons. The number of aryl methyl sites for hydroxylation is 1. The lowest BCUT2D eigenvalue weighted by atomic mass is 10.2. The number of pyridine rings is 1. The quantitative estimate of drug-likeness (QED) is 0.817. The molecule has 0 aliphatic carbocycles. The van der Waals surface area contributed by atoms with Gasteiger partial charge in [0.25, 0.3) is 0 Å². The largest absolute Gasteiger partial charge is 0.333 e. The summed E-state index contributed by atoms with van der Waals surface area (Å²) in [5, 5.41) is 0. The van der Waals surface area contributed by atoms with E-state index >= 15 is 0 Å². The van der Waals surface area contributed by atoms with Gasteiger partial charge in [-0.3, -0.25) is 14.8 Å². The summed E-state index contributed by atoms with van der Waals surface area (Å²) in [4.78, 5) is 13.7. The zero-order valence-electron chi connectivity index (χ0n) is 14.9. The van der Waals surface area contributed by atoms with Crippen molar-refractivity contribution in [2.45, 2.75) is 45.8 Å². The summed E-state index contributed by atoms with van der Waals surface area (Å²) in [6.45, 7) is 11.2. The Bertz CT molecular complexity index is 609. The Kier molecular flexibility index (Phi) is 5.99. The van der Waals surface area contributed by atoms with Crippen LogP contribution in [-0.2, 0) is 19.5 Å². The molecule has 3 heterocycles. The molecule has 0 amide bonds. The van der Waals surface area contributed by atoms with Gasteiger partial charge in [0, 0.05) is 63.4 Å². The van der Waals surface area contributed by atoms with Gasteiger partial charge in [-0.25, -0.2) is 4.98 Å². The van der Waals surface area contributed by atoms with E-state index in [-0.39, 0.29) is 0 Å². The smallest absolute Gasteiger partial charge is 0.108 e. The molecule has 24 heavy (non-hydrogen) atoms. The summed E-state index contributed by atoms with van der Waals surface area (Å²) in [6.07, 6.45) is 10.0. The van der Waals surface area contributed by atoms with E-state index in [4.69, 9.17) is 0 Å². The number of nitrogens with zero attached hydrogens (tertiary/aromatic N) is 5. The Morgan fingerprint density at radius 3 is 2.71 bits per heavy atom. The highest BCUT2D eigenvalue weighted by atomic mass is 15.2. The van der Waals surface area contributed by atoms with Crippen LogP contribution in [0.4, 0.5) is 0 Å². The standard InChI is InChI=1S/C19H29N5/c1-3-19-21-9-12-24(19)15-17(2)23-11-4-10-22(13-14-23)16-18-5-7-20-8-6-18/h5-9,12,17H,3-4,10-11,13-16H2,1-2H3. The topological polar surface area (TPSA) is 37.2 Å². The Balaban J connectivity index is 1.53. The molecule has 0 N–H and O–H groups in total. The van der Waals surface area contributed by atoms with Crippen molar-refractivity contribution in [1.29, 1.82) is 0 Å². The number of aromatic nitrogens is 3. The van der Waals surface area contributed by atoms with Gasteiger partial charge < -0.3 is 4.57 Å². The Hall–Kier alpha value is -1.72. The molecule has 5 nitrogen and oxygen atoms in total. The molecule has 0 spiro atoms. The van der Waals surface area contributed by atoms with Gasteiger partial charge in [0.15, 0.2) is 0 Å². The third-order valence-corrected chi connectivity index (χ3v) is 4.98. The predicted octanol–water partition coefficient (Wildman–Crippen LogP) is 2.44. The van der Waals surface area contributed by atoms with Gasteiger partial charge in [0.2, 0.25) is 0 Å². The second kappa shape index (κ2) is 8.40. The zero-order valence-corrected chi connectivity index (χ0v) is 14.9. The van der Waals surface area contributed by atoms with E-state index in [1.54, 1.807) is 0 Å². The van der Waals surface area contributed by atoms with Crippen LogP contribution in [0.3, 0.4) is 0 Å².